The molecule has 0 bridgehead atoms. The van der Waals surface area contributed by atoms with Crippen molar-refractivity contribution >= 4 is 23.4 Å². The summed E-state index contributed by atoms with van der Waals surface area (Å²) in [7, 11) is 1.51. The van der Waals surface area contributed by atoms with Crippen molar-refractivity contribution in [1.29, 1.82) is 0 Å². The number of nitrogens with one attached hydrogen (secondary N) is 1. The highest BCUT2D eigenvalue weighted by molar-refractivity contribution is 6.31. The number of halogens is 1. The zero-order valence-electron chi connectivity index (χ0n) is 10.3. The van der Waals surface area contributed by atoms with Crippen LogP contribution in [-0.4, -0.2) is 19.3 Å². The van der Waals surface area contributed by atoms with Crippen LogP contribution in [0.5, 0.6) is 5.75 Å². The lowest BCUT2D eigenvalue weighted by Gasteiger charge is -2.13. The highest BCUT2D eigenvalue weighted by Crippen LogP contribution is 2.30. The van der Waals surface area contributed by atoms with Gasteiger partial charge in [-0.05, 0) is 32.4 Å². The Morgan fingerprint density at radius 1 is 1.41 bits per heavy atom. The van der Waals surface area contributed by atoms with Crippen molar-refractivity contribution in [3.8, 4) is 5.75 Å². The first-order chi connectivity index (χ1) is 7.93. The number of aryl methyl sites for hydroxylation is 1. The van der Waals surface area contributed by atoms with E-state index in [0.29, 0.717) is 16.5 Å². The number of ether oxygens (including phenoxy) is 2. The molecule has 1 aromatic rings. The SMILES string of the molecule is COc1cc(Cl)c(C)cc1NC(=O)OC(C)C. The Hall–Kier alpha value is -1.42. The first kappa shape index (κ1) is 13.6. The number of carbonyl (C=O) groups excluding carboxylic acids is 1. The van der Waals surface area contributed by atoms with Gasteiger partial charge >= 0.3 is 6.09 Å². The van der Waals surface area contributed by atoms with Crippen molar-refractivity contribution < 1.29 is 14.3 Å². The lowest BCUT2D eigenvalue weighted by atomic mass is 10.2. The molecular weight excluding hydrogens is 242 g/mol. The van der Waals surface area contributed by atoms with E-state index in [1.165, 1.54) is 7.11 Å². The molecule has 0 radical (unpaired) electrons. The summed E-state index contributed by atoms with van der Waals surface area (Å²) in [5.41, 5.74) is 1.40. The maximum absolute atomic E-state index is 11.5. The highest BCUT2D eigenvalue weighted by Gasteiger charge is 2.11. The second kappa shape index (κ2) is 5.77. The van der Waals surface area contributed by atoms with E-state index in [2.05, 4.69) is 5.32 Å². The summed E-state index contributed by atoms with van der Waals surface area (Å²) >= 11 is 5.96. The molecule has 0 saturated heterocycles. The Morgan fingerprint density at radius 2 is 2.06 bits per heavy atom. The van der Waals surface area contributed by atoms with Crippen LogP contribution in [0, 0.1) is 6.92 Å². The first-order valence-corrected chi connectivity index (χ1v) is 5.63. The molecule has 94 valence electrons. The molecule has 1 amide bonds. The van der Waals surface area contributed by atoms with E-state index < -0.39 is 6.09 Å². The molecule has 0 aliphatic carbocycles. The van der Waals surface area contributed by atoms with Crippen LogP contribution in [-0.2, 0) is 4.74 Å². The molecule has 0 aromatic heterocycles. The number of rotatable bonds is 3. The molecule has 0 aliphatic rings. The van der Waals surface area contributed by atoms with Gasteiger partial charge < -0.3 is 9.47 Å². The maximum atomic E-state index is 11.5. The van der Waals surface area contributed by atoms with Crippen molar-refractivity contribution in [1.82, 2.24) is 0 Å². The number of methoxy groups -OCH3 is 1. The molecule has 0 unspecified atom stereocenters. The first-order valence-electron chi connectivity index (χ1n) is 5.25. The van der Waals surface area contributed by atoms with E-state index in [0.717, 1.165) is 5.56 Å². The molecule has 1 N–H and O–H groups in total. The standard InChI is InChI=1S/C12H16ClNO3/c1-7(2)17-12(15)14-10-5-8(3)9(13)6-11(10)16-4/h5-7H,1-4H3,(H,14,15). The van der Waals surface area contributed by atoms with E-state index in [4.69, 9.17) is 21.1 Å². The van der Waals surface area contributed by atoms with Crippen LogP contribution >= 0.6 is 11.6 Å². The van der Waals surface area contributed by atoms with Gasteiger partial charge in [-0.15, -0.1) is 0 Å². The van der Waals surface area contributed by atoms with E-state index in [9.17, 15) is 4.79 Å². The zero-order chi connectivity index (χ0) is 13.0. The number of hydrogen-bond donors (Lipinski definition) is 1. The van der Waals surface area contributed by atoms with Crippen LogP contribution in [0.3, 0.4) is 0 Å². The van der Waals surface area contributed by atoms with E-state index in [1.54, 1.807) is 26.0 Å². The van der Waals surface area contributed by atoms with Crippen LogP contribution in [0.15, 0.2) is 12.1 Å². The van der Waals surface area contributed by atoms with Crippen molar-refractivity contribution in [3.05, 3.63) is 22.7 Å². The third-order valence-electron chi connectivity index (χ3n) is 2.06. The number of hydrogen-bond acceptors (Lipinski definition) is 3. The third-order valence-corrected chi connectivity index (χ3v) is 2.47. The van der Waals surface area contributed by atoms with Gasteiger partial charge in [0.25, 0.3) is 0 Å². The quantitative estimate of drug-likeness (QED) is 0.900. The monoisotopic (exact) mass is 257 g/mol. The molecule has 0 saturated carbocycles. The molecular formula is C12H16ClNO3. The Bertz CT molecular complexity index is 418. The summed E-state index contributed by atoms with van der Waals surface area (Å²) in [5.74, 6) is 0.501. The van der Waals surface area contributed by atoms with Gasteiger partial charge in [-0.2, -0.15) is 0 Å². The number of amides is 1. The molecule has 0 aliphatic heterocycles. The van der Waals surface area contributed by atoms with Gasteiger partial charge in [-0.25, -0.2) is 4.79 Å². The van der Waals surface area contributed by atoms with Gasteiger partial charge in [-0.1, -0.05) is 11.6 Å². The van der Waals surface area contributed by atoms with Crippen molar-refractivity contribution in [2.24, 2.45) is 0 Å². The fourth-order valence-electron chi connectivity index (χ4n) is 1.28. The molecule has 0 spiro atoms. The Labute approximate surface area is 106 Å². The predicted octanol–water partition coefficient (Wildman–Crippen LogP) is 3.61. The Morgan fingerprint density at radius 3 is 2.59 bits per heavy atom. The van der Waals surface area contributed by atoms with Crippen LogP contribution in [0.1, 0.15) is 19.4 Å². The smallest absolute Gasteiger partial charge is 0.411 e. The summed E-state index contributed by atoms with van der Waals surface area (Å²) in [5, 5.41) is 3.20. The molecule has 0 fully saturated rings. The van der Waals surface area contributed by atoms with Crippen LogP contribution < -0.4 is 10.1 Å². The minimum atomic E-state index is -0.514. The molecule has 1 aromatic carbocycles. The maximum Gasteiger partial charge on any atom is 0.411 e. The lowest BCUT2D eigenvalue weighted by molar-refractivity contribution is 0.130. The molecule has 0 heterocycles. The van der Waals surface area contributed by atoms with Crippen LogP contribution in [0.25, 0.3) is 0 Å². The fourth-order valence-corrected chi connectivity index (χ4v) is 1.44. The van der Waals surface area contributed by atoms with Gasteiger partial charge in [0.1, 0.15) is 5.75 Å². The molecule has 1 rings (SSSR count). The minimum Gasteiger partial charge on any atom is -0.495 e. The second-order valence-electron chi connectivity index (χ2n) is 3.88. The van der Waals surface area contributed by atoms with E-state index in [-0.39, 0.29) is 6.10 Å². The van der Waals surface area contributed by atoms with Gasteiger partial charge in [0, 0.05) is 11.1 Å². The predicted molar refractivity (Wildman–Crippen MR) is 68.0 cm³/mol. The average Bonchev–Trinajstić information content (AvgIpc) is 2.21. The summed E-state index contributed by atoms with van der Waals surface area (Å²) in [6, 6.07) is 3.39. The van der Waals surface area contributed by atoms with Crippen molar-refractivity contribution in [2.45, 2.75) is 26.9 Å². The molecule has 17 heavy (non-hydrogen) atoms. The van der Waals surface area contributed by atoms with Crippen LogP contribution in [0.2, 0.25) is 5.02 Å². The number of benzene rings is 1. The van der Waals surface area contributed by atoms with Crippen LogP contribution in [0.4, 0.5) is 10.5 Å². The fraction of sp³-hybridized carbons (Fsp3) is 0.417. The lowest BCUT2D eigenvalue weighted by Crippen LogP contribution is -2.18. The normalized spacial score (nSPS) is 10.2. The highest BCUT2D eigenvalue weighted by atomic mass is 35.5. The minimum absolute atomic E-state index is 0.172. The van der Waals surface area contributed by atoms with E-state index >= 15 is 0 Å². The van der Waals surface area contributed by atoms with Crippen molar-refractivity contribution in [3.63, 3.8) is 0 Å². The number of carbonyl (C=O) groups is 1. The Balaban J connectivity index is 2.90. The zero-order valence-corrected chi connectivity index (χ0v) is 11.1. The average molecular weight is 258 g/mol. The second-order valence-corrected chi connectivity index (χ2v) is 4.29. The number of anilines is 1. The third kappa shape index (κ3) is 3.82. The summed E-state index contributed by atoms with van der Waals surface area (Å²) in [6.45, 7) is 5.41. The van der Waals surface area contributed by atoms with Gasteiger partial charge in [0.2, 0.25) is 0 Å². The van der Waals surface area contributed by atoms with Crippen molar-refractivity contribution in [2.75, 3.05) is 12.4 Å². The topological polar surface area (TPSA) is 47.6 Å². The van der Waals surface area contributed by atoms with E-state index in [1.807, 2.05) is 6.92 Å². The molecule has 0 atom stereocenters. The largest absolute Gasteiger partial charge is 0.495 e. The van der Waals surface area contributed by atoms with Gasteiger partial charge in [0.15, 0.2) is 0 Å². The molecule has 4 nitrogen and oxygen atoms in total. The summed E-state index contributed by atoms with van der Waals surface area (Å²) in [4.78, 5) is 11.5. The Kier molecular flexibility index (Phi) is 4.63. The summed E-state index contributed by atoms with van der Waals surface area (Å²) in [6.07, 6.45) is -0.686. The van der Waals surface area contributed by atoms with Gasteiger partial charge in [-0.3, -0.25) is 5.32 Å². The summed E-state index contributed by atoms with van der Waals surface area (Å²) < 4.78 is 10.1. The molecule has 5 heteroatoms. The van der Waals surface area contributed by atoms with Gasteiger partial charge in [0.05, 0.1) is 18.9 Å².